The highest BCUT2D eigenvalue weighted by atomic mass is 16.5. The predicted molar refractivity (Wildman–Crippen MR) is 110 cm³/mol. The van der Waals surface area contributed by atoms with E-state index in [1.165, 1.54) is 12.0 Å². The lowest BCUT2D eigenvalue weighted by molar-refractivity contribution is -0.125. The zero-order chi connectivity index (χ0) is 19.8. The molecule has 0 spiro atoms. The maximum atomic E-state index is 12.5. The van der Waals surface area contributed by atoms with E-state index in [-0.39, 0.29) is 18.6 Å². The molecule has 1 saturated carbocycles. The van der Waals surface area contributed by atoms with Crippen molar-refractivity contribution in [1.29, 1.82) is 0 Å². The lowest BCUT2D eigenvalue weighted by Gasteiger charge is -2.29. The minimum Gasteiger partial charge on any atom is -0.452 e. The molecule has 1 N–H and O–H groups in total. The number of carbonyl (C=O) groups excluding carboxylic acids is 2. The van der Waals surface area contributed by atoms with Crippen molar-refractivity contribution in [3.63, 3.8) is 0 Å². The number of esters is 1. The number of hydrogen-bond donors (Lipinski definition) is 1. The highest BCUT2D eigenvalue weighted by Crippen LogP contribution is 2.23. The van der Waals surface area contributed by atoms with Crippen LogP contribution in [0.15, 0.2) is 54.6 Å². The number of ether oxygens (including phenoxy) is 1. The Morgan fingerprint density at radius 2 is 1.68 bits per heavy atom. The molecule has 4 nitrogen and oxygen atoms in total. The van der Waals surface area contributed by atoms with Gasteiger partial charge in [-0.25, -0.2) is 4.79 Å². The van der Waals surface area contributed by atoms with Crippen LogP contribution >= 0.6 is 0 Å². The fourth-order valence-electron chi connectivity index (χ4n) is 3.85. The zero-order valence-corrected chi connectivity index (χ0v) is 16.5. The third-order valence-electron chi connectivity index (χ3n) is 5.56. The maximum absolute atomic E-state index is 12.5. The van der Waals surface area contributed by atoms with Gasteiger partial charge >= 0.3 is 5.97 Å². The van der Waals surface area contributed by atoms with Gasteiger partial charge in [0.25, 0.3) is 5.91 Å². The number of benzene rings is 2. The molecule has 1 amide bonds. The summed E-state index contributed by atoms with van der Waals surface area (Å²) in [5, 5.41) is 3.02. The molecule has 0 aromatic heterocycles. The fourth-order valence-corrected chi connectivity index (χ4v) is 3.85. The van der Waals surface area contributed by atoms with Crippen LogP contribution in [0.1, 0.15) is 54.1 Å². The van der Waals surface area contributed by atoms with Crippen LogP contribution in [0.5, 0.6) is 0 Å². The van der Waals surface area contributed by atoms with E-state index < -0.39 is 5.97 Å². The van der Waals surface area contributed by atoms with Crippen molar-refractivity contribution < 1.29 is 14.3 Å². The van der Waals surface area contributed by atoms with Crippen LogP contribution in [0, 0.1) is 5.92 Å². The Labute approximate surface area is 167 Å². The van der Waals surface area contributed by atoms with Gasteiger partial charge in [-0.1, -0.05) is 68.3 Å². The Morgan fingerprint density at radius 3 is 2.46 bits per heavy atom. The molecule has 1 aliphatic rings. The Bertz CT molecular complexity index is 787. The lowest BCUT2D eigenvalue weighted by atomic mass is 9.86. The molecular formula is C24H29NO3. The van der Waals surface area contributed by atoms with E-state index in [0.29, 0.717) is 11.5 Å². The molecule has 2 aromatic carbocycles. The second kappa shape index (κ2) is 10.1. The van der Waals surface area contributed by atoms with Crippen LogP contribution in [0.25, 0.3) is 0 Å². The standard InChI is InChI=1S/C24H29NO3/c1-18-9-5-8-14-22(18)25-23(26)17-28-24(27)21-13-7-6-12-20(21)16-15-19-10-3-2-4-11-19/h2-4,6-7,10-13,18,22H,5,8-9,14-17H2,1H3,(H,25,26). The summed E-state index contributed by atoms with van der Waals surface area (Å²) in [5.74, 6) is -0.170. The first-order valence-electron chi connectivity index (χ1n) is 10.2. The van der Waals surface area contributed by atoms with Crippen molar-refractivity contribution in [1.82, 2.24) is 5.32 Å². The van der Waals surface area contributed by atoms with Crippen molar-refractivity contribution in [2.24, 2.45) is 5.92 Å². The van der Waals surface area contributed by atoms with Gasteiger partial charge in [-0.15, -0.1) is 0 Å². The molecular weight excluding hydrogens is 350 g/mol. The summed E-state index contributed by atoms with van der Waals surface area (Å²) < 4.78 is 5.31. The van der Waals surface area contributed by atoms with Crippen LogP contribution in [0.4, 0.5) is 0 Å². The third kappa shape index (κ3) is 5.69. The van der Waals surface area contributed by atoms with Gasteiger partial charge in [0.05, 0.1) is 5.56 Å². The first-order valence-corrected chi connectivity index (χ1v) is 10.2. The predicted octanol–water partition coefficient (Wildman–Crippen LogP) is 4.32. The number of nitrogens with one attached hydrogen (secondary N) is 1. The Hall–Kier alpha value is -2.62. The molecule has 148 valence electrons. The molecule has 28 heavy (non-hydrogen) atoms. The summed E-state index contributed by atoms with van der Waals surface area (Å²) >= 11 is 0. The molecule has 3 rings (SSSR count). The van der Waals surface area contributed by atoms with Crippen molar-refractivity contribution in [2.45, 2.75) is 51.5 Å². The number of amides is 1. The average Bonchev–Trinajstić information content (AvgIpc) is 2.73. The molecule has 0 radical (unpaired) electrons. The monoisotopic (exact) mass is 379 g/mol. The third-order valence-corrected chi connectivity index (χ3v) is 5.56. The SMILES string of the molecule is CC1CCCCC1NC(=O)COC(=O)c1ccccc1CCc1ccccc1. The van der Waals surface area contributed by atoms with Gasteiger partial charge < -0.3 is 10.1 Å². The largest absolute Gasteiger partial charge is 0.452 e. The molecule has 1 aliphatic carbocycles. The Kier molecular flexibility index (Phi) is 7.24. The van der Waals surface area contributed by atoms with E-state index in [1.807, 2.05) is 36.4 Å². The normalized spacial score (nSPS) is 19.0. The van der Waals surface area contributed by atoms with Crippen LogP contribution in [0.2, 0.25) is 0 Å². The highest BCUT2D eigenvalue weighted by Gasteiger charge is 2.23. The van der Waals surface area contributed by atoms with E-state index in [2.05, 4.69) is 24.4 Å². The van der Waals surface area contributed by atoms with Crippen LogP contribution in [-0.4, -0.2) is 24.5 Å². The van der Waals surface area contributed by atoms with Gasteiger partial charge in [-0.2, -0.15) is 0 Å². The van der Waals surface area contributed by atoms with Gasteiger partial charge in [0, 0.05) is 6.04 Å². The molecule has 0 saturated heterocycles. The van der Waals surface area contributed by atoms with Crippen LogP contribution in [-0.2, 0) is 22.4 Å². The van der Waals surface area contributed by atoms with Crippen molar-refractivity contribution in [3.8, 4) is 0 Å². The first-order chi connectivity index (χ1) is 13.6. The molecule has 1 fully saturated rings. The summed E-state index contributed by atoms with van der Waals surface area (Å²) in [4.78, 5) is 24.7. The Balaban J connectivity index is 1.53. The van der Waals surface area contributed by atoms with E-state index in [9.17, 15) is 9.59 Å². The summed E-state index contributed by atoms with van der Waals surface area (Å²) in [6.07, 6.45) is 6.11. The molecule has 2 unspecified atom stereocenters. The zero-order valence-electron chi connectivity index (χ0n) is 16.5. The van der Waals surface area contributed by atoms with E-state index in [4.69, 9.17) is 4.74 Å². The van der Waals surface area contributed by atoms with Gasteiger partial charge in [0.15, 0.2) is 6.61 Å². The minimum atomic E-state index is -0.435. The van der Waals surface area contributed by atoms with E-state index in [0.717, 1.165) is 37.7 Å². The van der Waals surface area contributed by atoms with Gasteiger partial charge in [-0.3, -0.25) is 4.79 Å². The van der Waals surface area contributed by atoms with Crippen LogP contribution in [0.3, 0.4) is 0 Å². The number of rotatable bonds is 7. The van der Waals surface area contributed by atoms with Crippen molar-refractivity contribution >= 4 is 11.9 Å². The second-order valence-corrected chi connectivity index (χ2v) is 7.65. The van der Waals surface area contributed by atoms with E-state index in [1.54, 1.807) is 6.07 Å². The van der Waals surface area contributed by atoms with Crippen molar-refractivity contribution in [2.75, 3.05) is 6.61 Å². The second-order valence-electron chi connectivity index (χ2n) is 7.65. The molecule has 4 heteroatoms. The molecule has 2 atom stereocenters. The quantitative estimate of drug-likeness (QED) is 0.729. The molecule has 2 aromatic rings. The summed E-state index contributed by atoms with van der Waals surface area (Å²) in [5.41, 5.74) is 2.71. The number of aryl methyl sites for hydroxylation is 2. The average molecular weight is 380 g/mol. The first kappa shape index (κ1) is 20.1. The minimum absolute atomic E-state index is 0.193. The van der Waals surface area contributed by atoms with Gasteiger partial charge in [0.1, 0.15) is 0 Å². The number of carbonyl (C=O) groups is 2. The van der Waals surface area contributed by atoms with Crippen molar-refractivity contribution in [3.05, 3.63) is 71.3 Å². The topological polar surface area (TPSA) is 55.4 Å². The molecule has 0 aliphatic heterocycles. The lowest BCUT2D eigenvalue weighted by Crippen LogP contribution is -2.42. The van der Waals surface area contributed by atoms with Crippen LogP contribution < -0.4 is 5.32 Å². The smallest absolute Gasteiger partial charge is 0.338 e. The maximum Gasteiger partial charge on any atom is 0.338 e. The Morgan fingerprint density at radius 1 is 0.964 bits per heavy atom. The van der Waals surface area contributed by atoms with Gasteiger partial charge in [-0.05, 0) is 48.8 Å². The molecule has 0 bridgehead atoms. The summed E-state index contributed by atoms with van der Waals surface area (Å²) in [7, 11) is 0. The summed E-state index contributed by atoms with van der Waals surface area (Å²) in [6, 6.07) is 17.8. The highest BCUT2D eigenvalue weighted by molar-refractivity contribution is 5.92. The van der Waals surface area contributed by atoms with Gasteiger partial charge in [0.2, 0.25) is 0 Å². The summed E-state index contributed by atoms with van der Waals surface area (Å²) in [6.45, 7) is 1.94. The fraction of sp³-hybridized carbons (Fsp3) is 0.417. The number of hydrogen-bond acceptors (Lipinski definition) is 3. The van der Waals surface area contributed by atoms with E-state index >= 15 is 0 Å². The molecule has 0 heterocycles.